The first-order valence-corrected chi connectivity index (χ1v) is 25.3. The third kappa shape index (κ3) is 13.4. The summed E-state index contributed by atoms with van der Waals surface area (Å²) in [6.07, 6.45) is 0. The fourth-order valence-corrected chi connectivity index (χ4v) is 2.69. The van der Waals surface area contributed by atoms with E-state index in [9.17, 15) is 0 Å². The van der Waals surface area contributed by atoms with Crippen molar-refractivity contribution in [1.82, 2.24) is 4.90 Å². The van der Waals surface area contributed by atoms with Gasteiger partial charge in [0, 0.05) is 12.2 Å². The molecular formula is C6H10BrCl6NSSb-. The first kappa shape index (κ1) is 18.9. The van der Waals surface area contributed by atoms with Gasteiger partial charge in [-0.2, -0.15) is 0 Å². The third-order valence-electron chi connectivity index (χ3n) is 1.39. The van der Waals surface area contributed by atoms with E-state index in [1.165, 1.54) is 5.70 Å². The zero-order valence-electron chi connectivity index (χ0n) is 8.31. The van der Waals surface area contributed by atoms with E-state index in [4.69, 9.17) is 53.0 Å². The fraction of sp³-hybridized carbons (Fsp3) is 0.667. The summed E-state index contributed by atoms with van der Waals surface area (Å²) in [5.41, 5.74) is 1.37. The third-order valence-corrected chi connectivity index (χ3v) is 3.49. The van der Waals surface area contributed by atoms with Gasteiger partial charge in [0.25, 0.3) is 0 Å². The summed E-state index contributed by atoms with van der Waals surface area (Å²) in [5, 5.41) is 2.18. The molecule has 0 aromatic heterocycles. The van der Waals surface area contributed by atoms with Gasteiger partial charge in [0.05, 0.1) is 0 Å². The summed E-state index contributed by atoms with van der Waals surface area (Å²) in [6.45, 7) is 5.39. The van der Waals surface area contributed by atoms with Crippen LogP contribution < -0.4 is 0 Å². The molecule has 0 saturated carbocycles. The number of hydrogen-bond donors (Lipinski definition) is 0. The van der Waals surface area contributed by atoms with Crippen molar-refractivity contribution in [1.29, 1.82) is 0 Å². The van der Waals surface area contributed by atoms with Crippen LogP contribution in [0, 0.1) is 0 Å². The number of rotatable bonds is 1. The topological polar surface area (TPSA) is 3.24 Å². The van der Waals surface area contributed by atoms with E-state index in [1.807, 2.05) is 11.8 Å². The van der Waals surface area contributed by atoms with Gasteiger partial charge in [-0.15, -0.1) is 0 Å². The zero-order chi connectivity index (χ0) is 13.3. The molecule has 0 aromatic carbocycles. The van der Waals surface area contributed by atoms with Crippen LogP contribution in [-0.4, -0.2) is 24.9 Å². The van der Waals surface area contributed by atoms with Crippen molar-refractivity contribution >= 4 is 89.8 Å². The van der Waals surface area contributed by atoms with Crippen LogP contribution in [0.5, 0.6) is 0 Å². The predicted octanol–water partition coefficient (Wildman–Crippen LogP) is 6.35. The Labute approximate surface area is 128 Å². The molecule has 0 radical (unpaired) electrons. The quantitative estimate of drug-likeness (QED) is 0.216. The molecule has 1 heterocycles. The molecule has 0 spiro atoms. The molecule has 0 N–H and O–H groups in total. The van der Waals surface area contributed by atoms with Gasteiger partial charge < -0.3 is 4.90 Å². The van der Waals surface area contributed by atoms with Crippen molar-refractivity contribution < 1.29 is 0 Å². The monoisotopic (exact) mass is 538 g/mol. The fourth-order valence-electron chi connectivity index (χ4n) is 0.849. The Kier molecular flexibility index (Phi) is 6.79. The average molecular weight is 543 g/mol. The molecule has 0 bridgehead atoms. The van der Waals surface area contributed by atoms with E-state index in [-0.39, 0.29) is 0 Å². The first-order chi connectivity index (χ1) is 6.70. The second-order valence-corrected chi connectivity index (χ2v) is 62.3. The number of thioether (sulfide) groups is 1. The van der Waals surface area contributed by atoms with Crippen LogP contribution >= 0.6 is 80.7 Å². The van der Waals surface area contributed by atoms with Crippen LogP contribution in [0.2, 0.25) is 0 Å². The van der Waals surface area contributed by atoms with Crippen molar-refractivity contribution in [2.75, 3.05) is 6.54 Å². The summed E-state index contributed by atoms with van der Waals surface area (Å²) in [4.78, 5) is 2.31. The van der Waals surface area contributed by atoms with Crippen LogP contribution in [0.25, 0.3) is 0 Å². The molecule has 1 rings (SSSR count). The molecule has 0 aromatic rings. The Morgan fingerprint density at radius 1 is 1.31 bits per heavy atom. The van der Waals surface area contributed by atoms with Crippen molar-refractivity contribution in [3.05, 3.63) is 11.1 Å². The van der Waals surface area contributed by atoms with Gasteiger partial charge in [0.15, 0.2) is 0 Å². The van der Waals surface area contributed by atoms with Crippen LogP contribution in [-0.2, 0) is 0 Å². The maximum absolute atomic E-state index is 5.42. The Morgan fingerprint density at radius 2 is 1.69 bits per heavy atom. The molecule has 1 nitrogen and oxygen atoms in total. The predicted molar refractivity (Wildman–Crippen MR) is 87.3 cm³/mol. The standard InChI is InChI=1S/C6H10BrNS.6ClH.Sb/c1-3-8-5(2)4-9-6(8)7;;;;;;;/h4,6H,3H2,1-2H3;6*1H;/q;;;;;;;+5/p-6. The van der Waals surface area contributed by atoms with E-state index < -0.39 is 9.14 Å². The van der Waals surface area contributed by atoms with Gasteiger partial charge in [0.2, 0.25) is 0 Å². The molecule has 1 aliphatic heterocycles. The molecule has 1 unspecified atom stereocenters. The Balaban J connectivity index is 0.000000293. The average Bonchev–Trinajstić information content (AvgIpc) is 2.24. The molecular weight excluding hydrogens is 533 g/mol. The number of halogens is 7. The Hall–Kier alpha value is 2.93. The molecule has 0 fully saturated rings. The Bertz CT molecular complexity index is 276. The van der Waals surface area contributed by atoms with Crippen LogP contribution in [0.15, 0.2) is 11.1 Å². The van der Waals surface area contributed by atoms with Crippen LogP contribution in [0.3, 0.4) is 0 Å². The molecule has 0 saturated heterocycles. The second kappa shape index (κ2) is 5.74. The van der Waals surface area contributed by atoms with E-state index in [2.05, 4.69) is 40.1 Å². The van der Waals surface area contributed by atoms with E-state index in [0.717, 1.165) is 6.54 Å². The van der Waals surface area contributed by atoms with Crippen molar-refractivity contribution in [2.45, 2.75) is 18.1 Å². The summed E-state index contributed by atoms with van der Waals surface area (Å²) < 4.78 is 0.475. The summed E-state index contributed by atoms with van der Waals surface area (Å²) in [5.74, 6) is 0. The molecule has 0 aliphatic carbocycles. The minimum atomic E-state index is -5.42. The zero-order valence-corrected chi connectivity index (χ0v) is 17.8. The summed E-state index contributed by atoms with van der Waals surface area (Å²) in [6, 6.07) is 0. The summed E-state index contributed by atoms with van der Waals surface area (Å²) >= 11 is 5.36. The molecule has 100 valence electrons. The first-order valence-electron chi connectivity index (χ1n) is 4.00. The SMILES string of the molecule is CCN1C(C)=CSC1Br.[Cl][Sb-]([Cl])([Cl])([Cl])([Cl])[Cl]. The molecule has 16 heavy (non-hydrogen) atoms. The van der Waals surface area contributed by atoms with Gasteiger partial charge >= 0.3 is 62.1 Å². The van der Waals surface area contributed by atoms with Gasteiger partial charge in [-0.25, -0.2) is 0 Å². The molecule has 1 atom stereocenters. The molecule has 0 amide bonds. The number of nitrogens with zero attached hydrogens (tertiary/aromatic N) is 1. The Morgan fingerprint density at radius 3 is 1.81 bits per heavy atom. The minimum absolute atomic E-state index is 0.475. The normalized spacial score (nSPS) is 25.2. The van der Waals surface area contributed by atoms with Gasteiger partial charge in [0.1, 0.15) is 4.28 Å². The van der Waals surface area contributed by atoms with Crippen LogP contribution in [0.1, 0.15) is 13.8 Å². The van der Waals surface area contributed by atoms with E-state index >= 15 is 0 Å². The maximum atomic E-state index is 5.06. The van der Waals surface area contributed by atoms with E-state index in [0.29, 0.717) is 4.28 Å². The van der Waals surface area contributed by atoms with Gasteiger partial charge in [-0.3, -0.25) is 0 Å². The number of alkyl halides is 1. The van der Waals surface area contributed by atoms with E-state index in [1.54, 1.807) is 0 Å². The van der Waals surface area contributed by atoms with Gasteiger partial charge in [-0.05, 0) is 19.3 Å². The van der Waals surface area contributed by atoms with Crippen molar-refractivity contribution in [3.63, 3.8) is 0 Å². The van der Waals surface area contributed by atoms with Crippen LogP contribution in [0.4, 0.5) is 0 Å². The van der Waals surface area contributed by atoms with Crippen molar-refractivity contribution in [3.8, 4) is 0 Å². The van der Waals surface area contributed by atoms with Crippen molar-refractivity contribution in [2.24, 2.45) is 0 Å². The second-order valence-electron chi connectivity index (χ2n) is 2.93. The number of hydrogen-bond acceptors (Lipinski definition) is 2. The van der Waals surface area contributed by atoms with Gasteiger partial charge in [-0.1, -0.05) is 27.7 Å². The molecule has 1 aliphatic rings. The molecule has 10 heteroatoms. The number of allylic oxidation sites excluding steroid dienone is 1. The summed E-state index contributed by atoms with van der Waals surface area (Å²) in [7, 11) is 25.0.